The zero-order chi connectivity index (χ0) is 21.7. The summed E-state index contributed by atoms with van der Waals surface area (Å²) in [6, 6.07) is 17.7. The first kappa shape index (κ1) is 21.5. The summed E-state index contributed by atoms with van der Waals surface area (Å²) < 4.78 is 26.4. The van der Waals surface area contributed by atoms with Crippen LogP contribution in [0.25, 0.3) is 0 Å². The molecule has 2 heterocycles. The van der Waals surface area contributed by atoms with Crippen LogP contribution in [0.5, 0.6) is 0 Å². The van der Waals surface area contributed by atoms with Crippen molar-refractivity contribution in [3.05, 3.63) is 83.4 Å². The van der Waals surface area contributed by atoms with Gasteiger partial charge in [0.2, 0.25) is 10.0 Å². The Morgan fingerprint density at radius 1 is 0.871 bits per heavy atom. The Bertz CT molecular complexity index is 1120. The maximum Gasteiger partial charge on any atom is 0.240 e. The molecule has 0 aliphatic carbocycles. The largest absolute Gasteiger partial charge is 0.372 e. The Morgan fingerprint density at radius 3 is 2.23 bits per heavy atom. The lowest BCUT2D eigenvalue weighted by Crippen LogP contribution is -2.29. The number of anilines is 1. The van der Waals surface area contributed by atoms with Crippen LogP contribution in [0.4, 0.5) is 5.69 Å². The quantitative estimate of drug-likeness (QED) is 0.613. The van der Waals surface area contributed by atoms with E-state index in [4.69, 9.17) is 0 Å². The van der Waals surface area contributed by atoms with Crippen molar-refractivity contribution >= 4 is 15.7 Å². The summed E-state index contributed by atoms with van der Waals surface area (Å²) in [5, 5.41) is 0. The Kier molecular flexibility index (Phi) is 6.63. The van der Waals surface area contributed by atoms with Gasteiger partial charge in [-0.2, -0.15) is 0 Å². The second-order valence-electron chi connectivity index (χ2n) is 7.92. The summed E-state index contributed by atoms with van der Waals surface area (Å²) in [5.41, 5.74) is 5.23. The Labute approximate surface area is 184 Å². The number of aromatic nitrogens is 2. The molecule has 1 fully saturated rings. The van der Waals surface area contributed by atoms with Crippen molar-refractivity contribution in [3.8, 4) is 0 Å². The molecule has 7 heteroatoms. The molecule has 1 aromatic heterocycles. The number of rotatable bonds is 7. The molecule has 0 unspecified atom stereocenters. The number of piperidine rings is 1. The molecule has 1 aliphatic rings. The van der Waals surface area contributed by atoms with Crippen LogP contribution in [0.1, 0.15) is 41.8 Å². The molecular formula is C24H28N4O2S. The summed E-state index contributed by atoms with van der Waals surface area (Å²) in [7, 11) is -2.05. The van der Waals surface area contributed by atoms with Crippen molar-refractivity contribution in [2.45, 2.75) is 37.0 Å². The highest BCUT2D eigenvalue weighted by molar-refractivity contribution is 7.89. The van der Waals surface area contributed by atoms with Gasteiger partial charge in [0.1, 0.15) is 6.33 Å². The van der Waals surface area contributed by atoms with Crippen molar-refractivity contribution in [3.63, 3.8) is 0 Å². The highest BCUT2D eigenvalue weighted by atomic mass is 32.2. The van der Waals surface area contributed by atoms with E-state index in [9.17, 15) is 8.42 Å². The van der Waals surface area contributed by atoms with Gasteiger partial charge in [-0.05, 0) is 67.8 Å². The van der Waals surface area contributed by atoms with Crippen molar-refractivity contribution in [1.82, 2.24) is 14.7 Å². The molecule has 1 saturated heterocycles. The van der Waals surface area contributed by atoms with E-state index in [2.05, 4.69) is 43.9 Å². The number of hydrogen-bond acceptors (Lipinski definition) is 5. The fourth-order valence-corrected chi connectivity index (χ4v) is 4.77. The highest BCUT2D eigenvalue weighted by Gasteiger charge is 2.13. The number of sulfonamides is 1. The summed E-state index contributed by atoms with van der Waals surface area (Å²) in [5.74, 6) is 0. The molecule has 3 aromatic rings. The molecule has 2 aromatic carbocycles. The average Bonchev–Trinajstić information content (AvgIpc) is 2.81. The lowest BCUT2D eigenvalue weighted by Gasteiger charge is -2.28. The van der Waals surface area contributed by atoms with E-state index < -0.39 is 10.0 Å². The molecule has 1 N–H and O–H groups in total. The molecule has 0 amide bonds. The second kappa shape index (κ2) is 9.58. The van der Waals surface area contributed by atoms with Gasteiger partial charge in [0.15, 0.2) is 0 Å². The molecule has 0 saturated carbocycles. The highest BCUT2D eigenvalue weighted by Crippen LogP contribution is 2.21. The third-order valence-corrected chi connectivity index (χ3v) is 7.10. The van der Waals surface area contributed by atoms with E-state index in [1.54, 1.807) is 24.5 Å². The summed E-state index contributed by atoms with van der Waals surface area (Å²) in [6.07, 6.45) is 6.76. The van der Waals surface area contributed by atoms with Crippen LogP contribution in [0, 0.1) is 0 Å². The minimum atomic E-state index is -3.46. The first-order valence-corrected chi connectivity index (χ1v) is 12.2. The van der Waals surface area contributed by atoms with Crippen LogP contribution in [0.3, 0.4) is 0 Å². The van der Waals surface area contributed by atoms with Crippen LogP contribution in [-0.2, 0) is 22.9 Å². The fraction of sp³-hybridized carbons (Fsp3) is 0.333. The van der Waals surface area contributed by atoms with Crippen LogP contribution >= 0.6 is 0 Å². The van der Waals surface area contributed by atoms with Gasteiger partial charge in [-0.3, -0.25) is 0 Å². The molecule has 0 atom stereocenters. The normalized spacial score (nSPS) is 14.5. The van der Waals surface area contributed by atoms with Gasteiger partial charge in [0, 0.05) is 43.0 Å². The van der Waals surface area contributed by atoms with Crippen molar-refractivity contribution < 1.29 is 8.42 Å². The monoisotopic (exact) mass is 436 g/mol. The first-order valence-electron chi connectivity index (χ1n) is 10.7. The van der Waals surface area contributed by atoms with Gasteiger partial charge in [0.05, 0.1) is 4.90 Å². The molecule has 162 valence electrons. The molecule has 6 nitrogen and oxygen atoms in total. The van der Waals surface area contributed by atoms with E-state index in [1.165, 1.54) is 37.6 Å². The van der Waals surface area contributed by atoms with Crippen LogP contribution < -0.4 is 9.62 Å². The topological polar surface area (TPSA) is 75.2 Å². The van der Waals surface area contributed by atoms with Crippen molar-refractivity contribution in [1.29, 1.82) is 0 Å². The van der Waals surface area contributed by atoms with Gasteiger partial charge in [-0.25, -0.2) is 23.1 Å². The SMILES string of the molecule is CNS(=O)(=O)c1cccc(Cc2cc(Cc3ccc(N4CCCCC4)cc3)ncn2)c1. The Morgan fingerprint density at radius 2 is 1.55 bits per heavy atom. The van der Waals surface area contributed by atoms with E-state index >= 15 is 0 Å². The molecule has 31 heavy (non-hydrogen) atoms. The third-order valence-electron chi connectivity index (χ3n) is 5.69. The zero-order valence-electron chi connectivity index (χ0n) is 17.8. The number of nitrogens with zero attached hydrogens (tertiary/aromatic N) is 3. The Hall–Kier alpha value is -2.77. The lowest BCUT2D eigenvalue weighted by molar-refractivity contribution is 0.578. The smallest absolute Gasteiger partial charge is 0.240 e. The third kappa shape index (κ3) is 5.48. The van der Waals surface area contributed by atoms with Gasteiger partial charge in [0.25, 0.3) is 0 Å². The molecule has 0 bridgehead atoms. The predicted molar refractivity (Wildman–Crippen MR) is 123 cm³/mol. The van der Waals surface area contributed by atoms with Crippen molar-refractivity contribution in [2.75, 3.05) is 25.0 Å². The summed E-state index contributed by atoms with van der Waals surface area (Å²) in [4.78, 5) is 11.5. The molecule has 1 aliphatic heterocycles. The summed E-state index contributed by atoms with van der Waals surface area (Å²) in [6.45, 7) is 2.29. The summed E-state index contributed by atoms with van der Waals surface area (Å²) >= 11 is 0. The van der Waals surface area contributed by atoms with E-state index in [-0.39, 0.29) is 4.90 Å². The van der Waals surface area contributed by atoms with E-state index in [0.717, 1.165) is 36.5 Å². The van der Waals surface area contributed by atoms with E-state index in [0.29, 0.717) is 6.42 Å². The number of hydrogen-bond donors (Lipinski definition) is 1. The minimum absolute atomic E-state index is 0.260. The minimum Gasteiger partial charge on any atom is -0.372 e. The van der Waals surface area contributed by atoms with Crippen LogP contribution in [0.2, 0.25) is 0 Å². The van der Waals surface area contributed by atoms with Gasteiger partial charge < -0.3 is 4.90 Å². The predicted octanol–water partition coefficient (Wildman–Crippen LogP) is 3.56. The molecule has 0 radical (unpaired) electrons. The van der Waals surface area contributed by atoms with E-state index in [1.807, 2.05) is 12.1 Å². The van der Waals surface area contributed by atoms with Crippen LogP contribution in [0.15, 0.2) is 65.8 Å². The first-order chi connectivity index (χ1) is 15.0. The molecular weight excluding hydrogens is 408 g/mol. The molecule has 0 spiro atoms. The average molecular weight is 437 g/mol. The second-order valence-corrected chi connectivity index (χ2v) is 9.81. The van der Waals surface area contributed by atoms with Crippen LogP contribution in [-0.4, -0.2) is 38.5 Å². The number of nitrogens with one attached hydrogen (secondary N) is 1. The van der Waals surface area contributed by atoms with Gasteiger partial charge >= 0.3 is 0 Å². The fourth-order valence-electron chi connectivity index (χ4n) is 3.97. The standard InChI is InChI=1S/C24H28N4O2S/c1-25-31(29,30)24-7-5-6-20(16-24)15-22-17-21(26-18-27-22)14-19-8-10-23(11-9-19)28-12-3-2-4-13-28/h5-11,16-18,25H,2-4,12-15H2,1H3. The maximum absolute atomic E-state index is 12.0. The maximum atomic E-state index is 12.0. The number of benzene rings is 2. The molecule has 4 rings (SSSR count). The lowest BCUT2D eigenvalue weighted by atomic mass is 10.1. The Balaban J connectivity index is 1.45. The van der Waals surface area contributed by atoms with Gasteiger partial charge in [-0.15, -0.1) is 0 Å². The van der Waals surface area contributed by atoms with Crippen molar-refractivity contribution in [2.24, 2.45) is 0 Å². The zero-order valence-corrected chi connectivity index (χ0v) is 18.6. The van der Waals surface area contributed by atoms with Gasteiger partial charge in [-0.1, -0.05) is 24.3 Å².